The summed E-state index contributed by atoms with van der Waals surface area (Å²) in [5.41, 5.74) is 4.45. The number of guanidine groups is 1. The molecule has 38 heavy (non-hydrogen) atoms. The average molecular weight is 511 g/mol. The van der Waals surface area contributed by atoms with Crippen LogP contribution in [0.4, 0.5) is 0 Å². The van der Waals surface area contributed by atoms with Gasteiger partial charge in [0.2, 0.25) is 11.9 Å². The van der Waals surface area contributed by atoms with Crippen molar-refractivity contribution >= 4 is 17.8 Å². The quantitative estimate of drug-likeness (QED) is 0.399. The average Bonchev–Trinajstić information content (AvgIpc) is 2.95. The molecule has 0 unspecified atom stereocenters. The number of esters is 1. The molecule has 1 fully saturated rings. The van der Waals surface area contributed by atoms with Gasteiger partial charge >= 0.3 is 5.97 Å². The predicted octanol–water partition coefficient (Wildman–Crippen LogP) is 4.11. The van der Waals surface area contributed by atoms with Crippen molar-refractivity contribution in [3.63, 3.8) is 0 Å². The first-order valence-corrected chi connectivity index (χ1v) is 13.3. The minimum atomic E-state index is -1.01. The van der Waals surface area contributed by atoms with E-state index in [0.717, 1.165) is 24.2 Å². The highest BCUT2D eigenvalue weighted by molar-refractivity contribution is 6.08. The maximum Gasteiger partial charge on any atom is 0.321 e. The van der Waals surface area contributed by atoms with E-state index in [1.54, 1.807) is 6.92 Å². The summed E-state index contributed by atoms with van der Waals surface area (Å²) in [6.07, 6.45) is 0. The Kier molecular flexibility index (Phi) is 7.84. The molecular weight excluding hydrogens is 476 g/mol. The summed E-state index contributed by atoms with van der Waals surface area (Å²) in [5.74, 6) is -1.40. The second-order valence-electron chi connectivity index (χ2n) is 9.77. The molecule has 1 amide bonds. The molecule has 1 saturated heterocycles. The zero-order valence-corrected chi connectivity index (χ0v) is 21.9. The number of benzene rings is 3. The molecule has 1 N–H and O–H groups in total. The zero-order valence-electron chi connectivity index (χ0n) is 21.9. The molecule has 2 aliphatic heterocycles. The van der Waals surface area contributed by atoms with E-state index in [2.05, 4.69) is 63.6 Å². The Labute approximate surface area is 224 Å². The highest BCUT2D eigenvalue weighted by Gasteiger charge is 2.42. The van der Waals surface area contributed by atoms with Crippen molar-refractivity contribution in [2.45, 2.75) is 25.9 Å². The first-order valence-electron chi connectivity index (χ1n) is 13.3. The van der Waals surface area contributed by atoms with Gasteiger partial charge in [-0.15, -0.1) is 0 Å². The van der Waals surface area contributed by atoms with E-state index in [4.69, 9.17) is 9.73 Å². The molecule has 0 radical (unpaired) electrons. The lowest BCUT2D eigenvalue weighted by Crippen LogP contribution is -2.57. The van der Waals surface area contributed by atoms with E-state index < -0.39 is 17.9 Å². The van der Waals surface area contributed by atoms with Crippen molar-refractivity contribution in [2.24, 2.45) is 10.9 Å². The van der Waals surface area contributed by atoms with Crippen LogP contribution in [0.2, 0.25) is 0 Å². The van der Waals surface area contributed by atoms with Crippen molar-refractivity contribution < 1.29 is 14.3 Å². The molecule has 5 rings (SSSR count). The lowest BCUT2D eigenvalue weighted by Gasteiger charge is -2.42. The van der Waals surface area contributed by atoms with Gasteiger partial charge in [-0.25, -0.2) is 4.99 Å². The van der Waals surface area contributed by atoms with Gasteiger partial charge in [0.1, 0.15) is 6.04 Å². The van der Waals surface area contributed by atoms with Gasteiger partial charge in [0.05, 0.1) is 12.6 Å². The van der Waals surface area contributed by atoms with Gasteiger partial charge in [-0.3, -0.25) is 19.8 Å². The zero-order chi connectivity index (χ0) is 26.5. The smallest absolute Gasteiger partial charge is 0.321 e. The summed E-state index contributed by atoms with van der Waals surface area (Å²) in [6.45, 7) is 6.99. The molecule has 0 aliphatic carbocycles. The van der Waals surface area contributed by atoms with Gasteiger partial charge in [0.15, 0.2) is 5.92 Å². The van der Waals surface area contributed by atoms with Crippen molar-refractivity contribution in [1.29, 1.82) is 0 Å². The van der Waals surface area contributed by atoms with Crippen LogP contribution in [-0.2, 0) is 14.3 Å². The van der Waals surface area contributed by atoms with Gasteiger partial charge < -0.3 is 9.64 Å². The number of piperazine rings is 1. The number of rotatable bonds is 6. The Hall–Kier alpha value is -3.97. The Morgan fingerprint density at radius 3 is 2.05 bits per heavy atom. The molecular formula is C31H34N4O3. The van der Waals surface area contributed by atoms with Crippen molar-refractivity contribution in [1.82, 2.24) is 15.1 Å². The maximum absolute atomic E-state index is 13.2. The van der Waals surface area contributed by atoms with Gasteiger partial charge in [-0.05, 0) is 30.5 Å². The Balaban J connectivity index is 1.38. The van der Waals surface area contributed by atoms with E-state index in [0.29, 0.717) is 19.0 Å². The van der Waals surface area contributed by atoms with Crippen LogP contribution in [0.15, 0.2) is 89.9 Å². The molecule has 0 spiro atoms. The maximum atomic E-state index is 13.2. The molecule has 7 nitrogen and oxygen atoms in total. The van der Waals surface area contributed by atoms with Crippen LogP contribution in [0.25, 0.3) is 0 Å². The summed E-state index contributed by atoms with van der Waals surface area (Å²) < 4.78 is 5.24. The van der Waals surface area contributed by atoms with Gasteiger partial charge in [-0.1, -0.05) is 90.5 Å². The number of aryl methyl sites for hydroxylation is 1. The van der Waals surface area contributed by atoms with Crippen LogP contribution in [-0.4, -0.2) is 60.4 Å². The fraction of sp³-hybridized carbons (Fsp3) is 0.323. The van der Waals surface area contributed by atoms with Gasteiger partial charge in [0.25, 0.3) is 0 Å². The standard InChI is InChI=1S/C31H34N4O3/c1-3-38-30(37)26-27(23-16-14-22(2)15-17-23)32-31(33-29(26)36)35-20-18-34(19-21-35)28(24-10-6-4-7-11-24)25-12-8-5-9-13-25/h4-17,26-28H,3,18-21H2,1-2H3,(H,32,33,36)/t26-,27-/m0/s1. The Morgan fingerprint density at radius 1 is 0.921 bits per heavy atom. The van der Waals surface area contributed by atoms with Crippen LogP contribution in [0, 0.1) is 12.8 Å². The Morgan fingerprint density at radius 2 is 1.50 bits per heavy atom. The summed E-state index contributed by atoms with van der Waals surface area (Å²) in [7, 11) is 0. The SMILES string of the molecule is CCOC(=O)[C@@H]1C(=O)NC(N2CCN(C(c3ccccc3)c3ccccc3)CC2)=N[C@H]1c1ccc(C)cc1. The molecule has 0 saturated carbocycles. The van der Waals surface area contributed by atoms with Gasteiger partial charge in [-0.2, -0.15) is 0 Å². The number of hydrogen-bond donors (Lipinski definition) is 1. The molecule has 3 aromatic rings. The first-order chi connectivity index (χ1) is 18.5. The van der Waals surface area contributed by atoms with Crippen LogP contribution in [0.3, 0.4) is 0 Å². The van der Waals surface area contributed by atoms with Crippen LogP contribution in [0.1, 0.15) is 41.3 Å². The number of hydrogen-bond acceptors (Lipinski definition) is 6. The monoisotopic (exact) mass is 510 g/mol. The van der Waals surface area contributed by atoms with E-state index in [1.165, 1.54) is 11.1 Å². The number of nitrogens with zero attached hydrogens (tertiary/aromatic N) is 3. The second kappa shape index (κ2) is 11.6. The number of ether oxygens (including phenoxy) is 1. The lowest BCUT2D eigenvalue weighted by atomic mass is 9.91. The number of nitrogens with one attached hydrogen (secondary N) is 1. The number of amides is 1. The largest absolute Gasteiger partial charge is 0.465 e. The summed E-state index contributed by atoms with van der Waals surface area (Å²) >= 11 is 0. The lowest BCUT2D eigenvalue weighted by molar-refractivity contribution is -0.153. The molecule has 0 bridgehead atoms. The number of carbonyl (C=O) groups excluding carboxylic acids is 2. The third-order valence-electron chi connectivity index (χ3n) is 7.26. The highest BCUT2D eigenvalue weighted by Crippen LogP contribution is 2.33. The molecule has 7 heteroatoms. The molecule has 2 atom stereocenters. The summed E-state index contributed by atoms with van der Waals surface area (Å²) in [4.78, 5) is 35.5. The van der Waals surface area contributed by atoms with Crippen molar-refractivity contribution in [3.05, 3.63) is 107 Å². The van der Waals surface area contributed by atoms with Crippen LogP contribution in [0.5, 0.6) is 0 Å². The van der Waals surface area contributed by atoms with Crippen LogP contribution >= 0.6 is 0 Å². The topological polar surface area (TPSA) is 74.2 Å². The number of carbonyl (C=O) groups is 2. The minimum absolute atomic E-state index is 0.149. The van der Waals surface area contributed by atoms with Gasteiger partial charge in [0, 0.05) is 26.2 Å². The van der Waals surface area contributed by atoms with E-state index in [1.807, 2.05) is 43.3 Å². The molecule has 2 aliphatic rings. The third kappa shape index (κ3) is 5.48. The predicted molar refractivity (Wildman–Crippen MR) is 147 cm³/mol. The molecule has 196 valence electrons. The normalized spacial score (nSPS) is 20.1. The van der Waals surface area contributed by atoms with Crippen LogP contribution < -0.4 is 5.32 Å². The van der Waals surface area contributed by atoms with Crippen molar-refractivity contribution in [2.75, 3.05) is 32.8 Å². The fourth-order valence-corrected chi connectivity index (χ4v) is 5.31. The summed E-state index contributed by atoms with van der Waals surface area (Å²) in [5, 5.41) is 2.91. The van der Waals surface area contributed by atoms with E-state index in [-0.39, 0.29) is 18.6 Å². The number of aliphatic imine (C=N–C) groups is 1. The first kappa shape index (κ1) is 25.7. The Bertz CT molecular complexity index is 1230. The van der Waals surface area contributed by atoms with Crippen molar-refractivity contribution in [3.8, 4) is 0 Å². The highest BCUT2D eigenvalue weighted by atomic mass is 16.5. The molecule has 3 aromatic carbocycles. The third-order valence-corrected chi connectivity index (χ3v) is 7.26. The van der Waals surface area contributed by atoms with E-state index in [9.17, 15) is 9.59 Å². The molecule has 2 heterocycles. The fourth-order valence-electron chi connectivity index (χ4n) is 5.31. The second-order valence-corrected chi connectivity index (χ2v) is 9.77. The summed E-state index contributed by atoms with van der Waals surface area (Å²) in [6, 6.07) is 28.5. The minimum Gasteiger partial charge on any atom is -0.465 e. The molecule has 0 aromatic heterocycles. The van der Waals surface area contributed by atoms with E-state index >= 15 is 0 Å².